The summed E-state index contributed by atoms with van der Waals surface area (Å²) in [6.07, 6.45) is 25.4. The van der Waals surface area contributed by atoms with E-state index in [1.54, 1.807) is 0 Å². The summed E-state index contributed by atoms with van der Waals surface area (Å²) in [7, 11) is 0. The number of hydrogen-bond donors (Lipinski definition) is 4. The molecule has 6 atom stereocenters. The number of esters is 2. The van der Waals surface area contributed by atoms with Crippen LogP contribution in [0.1, 0.15) is 200 Å². The van der Waals surface area contributed by atoms with Gasteiger partial charge in [0.25, 0.3) is 0 Å². The highest BCUT2D eigenvalue weighted by atomic mass is 16.7. The molecule has 0 aromatic heterocycles. The zero-order valence-corrected chi connectivity index (χ0v) is 33.3. The number of aliphatic hydroxyl groups is 4. The van der Waals surface area contributed by atoms with Crippen molar-refractivity contribution in [3.8, 4) is 0 Å². The molecule has 1 heterocycles. The van der Waals surface area contributed by atoms with Gasteiger partial charge in [0.1, 0.15) is 31.0 Å². The topological polar surface area (TPSA) is 152 Å². The highest BCUT2D eigenvalue weighted by molar-refractivity contribution is 5.70. The molecule has 0 spiro atoms. The number of unbranched alkanes of at least 4 members (excludes halogenated alkanes) is 25. The maximum Gasteiger partial charge on any atom is 0.306 e. The van der Waals surface area contributed by atoms with E-state index in [1.807, 2.05) is 0 Å². The third-order valence-electron chi connectivity index (χ3n) is 10.2. The quantitative estimate of drug-likeness (QED) is 0.0363. The van der Waals surface area contributed by atoms with Gasteiger partial charge in [0.05, 0.1) is 13.2 Å². The summed E-state index contributed by atoms with van der Waals surface area (Å²) in [5.41, 5.74) is 0. The maximum atomic E-state index is 12.7. The van der Waals surface area contributed by atoms with Crippen molar-refractivity contribution < 1.29 is 49.0 Å². The number of ether oxygens (including phenoxy) is 4. The molecule has 308 valence electrons. The fourth-order valence-corrected chi connectivity index (χ4v) is 6.78. The third kappa shape index (κ3) is 25.7. The van der Waals surface area contributed by atoms with Gasteiger partial charge in [-0.25, -0.2) is 0 Å². The van der Waals surface area contributed by atoms with Gasteiger partial charge in [-0.15, -0.1) is 0 Å². The van der Waals surface area contributed by atoms with Gasteiger partial charge in [-0.2, -0.15) is 0 Å². The number of rotatable bonds is 36. The van der Waals surface area contributed by atoms with Gasteiger partial charge < -0.3 is 39.4 Å². The van der Waals surface area contributed by atoms with Crippen LogP contribution in [0.5, 0.6) is 0 Å². The molecule has 0 aromatic carbocycles. The first-order valence-corrected chi connectivity index (χ1v) is 21.6. The summed E-state index contributed by atoms with van der Waals surface area (Å²) in [6, 6.07) is 0. The van der Waals surface area contributed by atoms with Crippen molar-refractivity contribution in [3.05, 3.63) is 0 Å². The zero-order chi connectivity index (χ0) is 38.1. The van der Waals surface area contributed by atoms with Crippen LogP contribution in [-0.2, 0) is 28.5 Å². The molecular weight excluding hydrogens is 664 g/mol. The van der Waals surface area contributed by atoms with Crippen LogP contribution in [0, 0.1) is 0 Å². The van der Waals surface area contributed by atoms with E-state index < -0.39 is 49.4 Å². The molecule has 0 bridgehead atoms. The molecule has 10 nitrogen and oxygen atoms in total. The minimum Gasteiger partial charge on any atom is -0.462 e. The van der Waals surface area contributed by atoms with Crippen LogP contribution < -0.4 is 0 Å². The van der Waals surface area contributed by atoms with Crippen molar-refractivity contribution in [1.29, 1.82) is 0 Å². The molecule has 1 aliphatic rings. The van der Waals surface area contributed by atoms with Crippen LogP contribution in [0.25, 0.3) is 0 Å². The lowest BCUT2D eigenvalue weighted by Gasteiger charge is -2.39. The van der Waals surface area contributed by atoms with Gasteiger partial charge in [0, 0.05) is 12.8 Å². The smallest absolute Gasteiger partial charge is 0.306 e. The second kappa shape index (κ2) is 34.2. The van der Waals surface area contributed by atoms with Gasteiger partial charge in [-0.1, -0.05) is 174 Å². The van der Waals surface area contributed by atoms with E-state index in [1.165, 1.54) is 128 Å². The normalized spacial score (nSPS) is 20.9. The Morgan fingerprint density at radius 2 is 0.904 bits per heavy atom. The Morgan fingerprint density at radius 3 is 1.31 bits per heavy atom. The zero-order valence-electron chi connectivity index (χ0n) is 33.3. The Hall–Kier alpha value is -1.30. The van der Waals surface area contributed by atoms with Crippen molar-refractivity contribution in [3.63, 3.8) is 0 Å². The Kier molecular flexibility index (Phi) is 32.1. The molecule has 4 N–H and O–H groups in total. The number of aliphatic hydroxyl groups excluding tert-OH is 4. The minimum atomic E-state index is -1.59. The molecule has 0 radical (unpaired) electrons. The number of hydrogen-bond acceptors (Lipinski definition) is 10. The lowest BCUT2D eigenvalue weighted by atomic mass is 9.99. The van der Waals surface area contributed by atoms with E-state index in [2.05, 4.69) is 13.8 Å². The van der Waals surface area contributed by atoms with Crippen LogP contribution in [0.2, 0.25) is 0 Å². The number of carbonyl (C=O) groups is 2. The third-order valence-corrected chi connectivity index (χ3v) is 10.2. The molecule has 0 aromatic rings. The fourth-order valence-electron chi connectivity index (χ4n) is 6.78. The predicted octanol–water partition coefficient (Wildman–Crippen LogP) is 8.61. The van der Waals surface area contributed by atoms with E-state index in [0.717, 1.165) is 38.5 Å². The molecule has 2 unspecified atom stereocenters. The van der Waals surface area contributed by atoms with E-state index >= 15 is 0 Å². The average Bonchev–Trinajstić information content (AvgIpc) is 3.14. The Morgan fingerprint density at radius 1 is 0.519 bits per heavy atom. The monoisotopic (exact) mass is 745 g/mol. The van der Waals surface area contributed by atoms with Crippen molar-refractivity contribution in [2.75, 3.05) is 19.8 Å². The fraction of sp³-hybridized carbons (Fsp3) is 0.952. The number of carbonyl (C=O) groups excluding carboxylic acids is 2. The predicted molar refractivity (Wildman–Crippen MR) is 206 cm³/mol. The minimum absolute atomic E-state index is 0.209. The van der Waals surface area contributed by atoms with Crippen molar-refractivity contribution in [2.24, 2.45) is 0 Å². The van der Waals surface area contributed by atoms with Crippen LogP contribution in [0.4, 0.5) is 0 Å². The van der Waals surface area contributed by atoms with E-state index in [4.69, 9.17) is 18.9 Å². The Balaban J connectivity index is 2.33. The summed E-state index contributed by atoms with van der Waals surface area (Å²) >= 11 is 0. The van der Waals surface area contributed by atoms with Crippen LogP contribution in [-0.4, -0.2) is 89.0 Å². The summed E-state index contributed by atoms with van der Waals surface area (Å²) in [5.74, 6) is -0.794. The first kappa shape index (κ1) is 48.7. The standard InChI is InChI=1S/C42H80O10/c1-3-5-7-9-11-13-15-17-18-19-21-22-24-26-28-30-37(44)49-33-35(34-50-42-41(48)40(47)39(46)36(32-43)52-42)51-38(45)31-29-27-25-23-20-16-14-12-10-8-6-4-2/h35-36,39-43,46-48H,3-34H2,1-2H3/t35-,36-,39+,40?,41?,42-/m0/s1. The Bertz CT molecular complexity index is 825. The van der Waals surface area contributed by atoms with Gasteiger partial charge in [-0.05, 0) is 12.8 Å². The first-order chi connectivity index (χ1) is 25.3. The van der Waals surface area contributed by atoms with E-state index in [9.17, 15) is 30.0 Å². The lowest BCUT2D eigenvalue weighted by molar-refractivity contribution is -0.305. The SMILES string of the molecule is CCCCCCCCCCCCCCCCCC(=O)OC[C@@H](CO[C@H]1O[C@@H](CO)[C@@H](O)C(O)C1O)OC(=O)CCCCCCCCCCCCCC. The summed E-state index contributed by atoms with van der Waals surface area (Å²) in [4.78, 5) is 25.2. The Labute approximate surface area is 317 Å². The van der Waals surface area contributed by atoms with E-state index in [0.29, 0.717) is 6.42 Å². The second-order valence-electron chi connectivity index (χ2n) is 15.2. The molecule has 10 heteroatoms. The van der Waals surface area contributed by atoms with Gasteiger partial charge in [-0.3, -0.25) is 9.59 Å². The van der Waals surface area contributed by atoms with Crippen molar-refractivity contribution in [2.45, 2.75) is 237 Å². The van der Waals surface area contributed by atoms with Crippen LogP contribution >= 0.6 is 0 Å². The molecule has 1 fully saturated rings. The molecule has 0 amide bonds. The lowest BCUT2D eigenvalue weighted by Crippen LogP contribution is -2.59. The van der Waals surface area contributed by atoms with Crippen LogP contribution in [0.15, 0.2) is 0 Å². The second-order valence-corrected chi connectivity index (χ2v) is 15.2. The van der Waals surface area contributed by atoms with Crippen molar-refractivity contribution >= 4 is 11.9 Å². The average molecular weight is 745 g/mol. The van der Waals surface area contributed by atoms with Gasteiger partial charge in [0.15, 0.2) is 12.4 Å². The maximum absolute atomic E-state index is 12.7. The summed E-state index contributed by atoms with van der Waals surface area (Å²) in [5, 5.41) is 40.0. The largest absolute Gasteiger partial charge is 0.462 e. The molecule has 0 saturated carbocycles. The molecule has 52 heavy (non-hydrogen) atoms. The van der Waals surface area contributed by atoms with Crippen LogP contribution in [0.3, 0.4) is 0 Å². The molecule has 0 aliphatic carbocycles. The van der Waals surface area contributed by atoms with Gasteiger partial charge in [0.2, 0.25) is 0 Å². The molecule has 1 rings (SSSR count). The highest BCUT2D eigenvalue weighted by Gasteiger charge is 2.44. The van der Waals surface area contributed by atoms with Crippen molar-refractivity contribution in [1.82, 2.24) is 0 Å². The molecule has 1 saturated heterocycles. The summed E-state index contributed by atoms with van der Waals surface area (Å²) < 4.78 is 22.1. The highest BCUT2D eigenvalue weighted by Crippen LogP contribution is 2.23. The molecule has 1 aliphatic heterocycles. The first-order valence-electron chi connectivity index (χ1n) is 21.6. The summed E-state index contributed by atoms with van der Waals surface area (Å²) in [6.45, 7) is 3.43. The molecular formula is C42H80O10. The van der Waals surface area contributed by atoms with E-state index in [-0.39, 0.29) is 32.0 Å². The van der Waals surface area contributed by atoms with Gasteiger partial charge >= 0.3 is 11.9 Å².